The van der Waals surface area contributed by atoms with Crippen molar-refractivity contribution in [3.63, 3.8) is 0 Å². The maximum atomic E-state index is 14.0. The molecule has 1 aromatic rings. The number of amides is 4. The lowest BCUT2D eigenvalue weighted by atomic mass is 9.97. The van der Waals surface area contributed by atoms with E-state index < -0.39 is 53.5 Å². The van der Waals surface area contributed by atoms with E-state index in [0.717, 1.165) is 30.6 Å². The third-order valence-corrected chi connectivity index (χ3v) is 8.19. The molecular weight excluding hydrogens is 545 g/mol. The van der Waals surface area contributed by atoms with E-state index in [0.29, 0.717) is 11.4 Å². The summed E-state index contributed by atoms with van der Waals surface area (Å²) in [5, 5.41) is 14.5. The lowest BCUT2D eigenvalue weighted by Gasteiger charge is -2.35. The fraction of sp³-hybridized carbons (Fsp3) is 0.630. The molecule has 0 bridgehead atoms. The zero-order valence-electron chi connectivity index (χ0n) is 22.7. The summed E-state index contributed by atoms with van der Waals surface area (Å²) >= 11 is 0. The SMILES string of the molecule is Cc1ccc2c(n1)O[C@@]1(C[C@@H](C#N)N(C(=O)C(CC3CC3)N(C)C(=O)C(CC3CC3)NC(=O)C(F)(F)F)C1)C(=O)N2. The molecule has 2 unspecified atom stereocenters. The Morgan fingerprint density at radius 1 is 1.24 bits per heavy atom. The second-order valence-corrected chi connectivity index (χ2v) is 11.5. The number of hydrogen-bond donors (Lipinski definition) is 2. The van der Waals surface area contributed by atoms with E-state index in [1.807, 2.05) is 5.32 Å². The van der Waals surface area contributed by atoms with Crippen LogP contribution in [0.25, 0.3) is 0 Å². The van der Waals surface area contributed by atoms with Gasteiger partial charge in [-0.05, 0) is 43.7 Å². The van der Waals surface area contributed by atoms with Gasteiger partial charge in [0.05, 0.1) is 12.6 Å². The maximum Gasteiger partial charge on any atom is 0.471 e. The van der Waals surface area contributed by atoms with Crippen LogP contribution in [0.5, 0.6) is 5.88 Å². The number of halogens is 3. The number of carbonyl (C=O) groups excluding carboxylic acids is 4. The molecule has 4 amide bonds. The predicted molar refractivity (Wildman–Crippen MR) is 136 cm³/mol. The van der Waals surface area contributed by atoms with Gasteiger partial charge in [0.2, 0.25) is 23.3 Å². The molecular formula is C27H31F3N6O5. The fourth-order valence-corrected chi connectivity index (χ4v) is 5.46. The van der Waals surface area contributed by atoms with E-state index in [-0.39, 0.29) is 43.5 Å². The first-order valence-electron chi connectivity index (χ1n) is 13.6. The second kappa shape index (κ2) is 10.5. The number of anilines is 1. The number of aryl methyl sites for hydroxylation is 1. The van der Waals surface area contributed by atoms with Crippen LogP contribution < -0.4 is 15.4 Å². The van der Waals surface area contributed by atoms with Crippen molar-refractivity contribution in [2.24, 2.45) is 11.8 Å². The van der Waals surface area contributed by atoms with Gasteiger partial charge in [0.25, 0.3) is 5.91 Å². The minimum Gasteiger partial charge on any atom is -0.457 e. The number of pyridine rings is 1. The molecule has 0 aromatic carbocycles. The Hall–Kier alpha value is -3.89. The van der Waals surface area contributed by atoms with Gasteiger partial charge in [0.15, 0.2) is 0 Å². The fourth-order valence-electron chi connectivity index (χ4n) is 5.46. The van der Waals surface area contributed by atoms with Crippen LogP contribution in [0.4, 0.5) is 18.9 Å². The molecule has 220 valence electrons. The molecule has 11 nitrogen and oxygen atoms in total. The summed E-state index contributed by atoms with van der Waals surface area (Å²) in [6.45, 7) is 1.47. The average Bonchev–Trinajstić information content (AvgIpc) is 3.85. The Kier molecular flexibility index (Phi) is 7.33. The molecule has 3 heterocycles. The molecule has 2 aliphatic heterocycles. The Labute approximate surface area is 234 Å². The molecule has 2 saturated carbocycles. The molecule has 5 rings (SSSR count). The number of nitriles is 1. The highest BCUT2D eigenvalue weighted by Gasteiger charge is 2.57. The van der Waals surface area contributed by atoms with E-state index >= 15 is 0 Å². The van der Waals surface area contributed by atoms with E-state index in [9.17, 15) is 37.6 Å². The van der Waals surface area contributed by atoms with Gasteiger partial charge in [-0.3, -0.25) is 19.2 Å². The van der Waals surface area contributed by atoms with Crippen LogP contribution in [-0.2, 0) is 19.2 Å². The lowest BCUT2D eigenvalue weighted by Crippen LogP contribution is -2.58. The van der Waals surface area contributed by atoms with Crippen molar-refractivity contribution in [2.45, 2.75) is 81.8 Å². The van der Waals surface area contributed by atoms with Crippen molar-refractivity contribution in [1.29, 1.82) is 5.26 Å². The molecule has 1 aromatic heterocycles. The highest BCUT2D eigenvalue weighted by atomic mass is 19.4. The topological polar surface area (TPSA) is 145 Å². The van der Waals surface area contributed by atoms with Gasteiger partial charge in [-0.15, -0.1) is 0 Å². The van der Waals surface area contributed by atoms with Gasteiger partial charge in [-0.25, -0.2) is 4.98 Å². The smallest absolute Gasteiger partial charge is 0.457 e. The highest BCUT2D eigenvalue weighted by molar-refractivity contribution is 6.02. The first-order chi connectivity index (χ1) is 19.3. The molecule has 4 aliphatic rings. The number of likely N-dealkylation sites (N-methyl/N-ethyl adjacent to an activating group) is 1. The van der Waals surface area contributed by atoms with Crippen LogP contribution in [0, 0.1) is 30.1 Å². The Morgan fingerprint density at radius 3 is 2.51 bits per heavy atom. The van der Waals surface area contributed by atoms with Crippen LogP contribution in [0.3, 0.4) is 0 Å². The van der Waals surface area contributed by atoms with Crippen LogP contribution in [0.15, 0.2) is 12.1 Å². The van der Waals surface area contributed by atoms with Gasteiger partial charge < -0.3 is 25.2 Å². The number of rotatable bonds is 8. The molecule has 14 heteroatoms. The number of carbonyl (C=O) groups is 4. The molecule has 0 radical (unpaired) electrons. The van der Waals surface area contributed by atoms with Crippen molar-refractivity contribution in [2.75, 3.05) is 18.9 Å². The maximum absolute atomic E-state index is 14.0. The van der Waals surface area contributed by atoms with Crippen LogP contribution in [0.2, 0.25) is 0 Å². The Balaban J connectivity index is 1.38. The van der Waals surface area contributed by atoms with E-state index in [1.54, 1.807) is 19.1 Å². The summed E-state index contributed by atoms with van der Waals surface area (Å²) in [6.07, 6.45) is -1.91. The van der Waals surface area contributed by atoms with Crippen molar-refractivity contribution in [1.82, 2.24) is 20.1 Å². The molecule has 2 N–H and O–H groups in total. The van der Waals surface area contributed by atoms with Gasteiger partial charge in [0, 0.05) is 19.2 Å². The zero-order chi connectivity index (χ0) is 29.7. The van der Waals surface area contributed by atoms with Gasteiger partial charge in [-0.1, -0.05) is 25.7 Å². The van der Waals surface area contributed by atoms with Crippen LogP contribution >= 0.6 is 0 Å². The summed E-state index contributed by atoms with van der Waals surface area (Å²) in [7, 11) is 1.33. The number of alkyl halides is 3. The number of aromatic nitrogens is 1. The molecule has 1 spiro atoms. The number of nitrogens with zero attached hydrogens (tertiary/aromatic N) is 4. The summed E-state index contributed by atoms with van der Waals surface area (Å²) in [5.41, 5.74) is -0.573. The summed E-state index contributed by atoms with van der Waals surface area (Å²) in [5.74, 6) is -3.87. The van der Waals surface area contributed by atoms with E-state index in [2.05, 4.69) is 16.4 Å². The number of nitrogens with one attached hydrogen (secondary N) is 2. The van der Waals surface area contributed by atoms with Crippen molar-refractivity contribution in [3.05, 3.63) is 17.8 Å². The monoisotopic (exact) mass is 576 g/mol. The second-order valence-electron chi connectivity index (χ2n) is 11.5. The number of likely N-dealkylation sites (tertiary alicyclic amines) is 1. The molecule has 41 heavy (non-hydrogen) atoms. The largest absolute Gasteiger partial charge is 0.471 e. The number of hydrogen-bond acceptors (Lipinski definition) is 7. The number of fused-ring (bicyclic) bond motifs is 1. The third-order valence-electron chi connectivity index (χ3n) is 8.19. The van der Waals surface area contributed by atoms with E-state index in [1.165, 1.54) is 11.9 Å². The van der Waals surface area contributed by atoms with Gasteiger partial charge >= 0.3 is 12.1 Å². The molecule has 2 aliphatic carbocycles. The van der Waals surface area contributed by atoms with Gasteiger partial charge in [-0.2, -0.15) is 18.4 Å². The van der Waals surface area contributed by atoms with E-state index in [4.69, 9.17) is 4.74 Å². The summed E-state index contributed by atoms with van der Waals surface area (Å²) in [6, 6.07) is 1.78. The standard InChI is InChI=1S/C27H31F3N6O5/c1-14-3-8-18-21(32-14)41-26(24(39)33-18)11-17(12-31)36(13-26)23(38)20(10-16-6-7-16)35(2)22(37)19(9-15-4-5-15)34-25(40)27(28,29)30/h3,8,15-17,19-20H,4-7,9-11,13H2,1-2H3,(H,33,39)(H,34,40)/t17-,19?,20?,26+/m0/s1. The van der Waals surface area contributed by atoms with Crippen LogP contribution in [0.1, 0.15) is 50.6 Å². The lowest BCUT2D eigenvalue weighted by molar-refractivity contribution is -0.175. The highest BCUT2D eigenvalue weighted by Crippen LogP contribution is 2.41. The summed E-state index contributed by atoms with van der Waals surface area (Å²) in [4.78, 5) is 59.0. The minimum absolute atomic E-state index is 0.00645. The number of ether oxygens (including phenoxy) is 1. The summed E-state index contributed by atoms with van der Waals surface area (Å²) < 4.78 is 45.1. The Morgan fingerprint density at radius 2 is 1.90 bits per heavy atom. The molecule has 3 fully saturated rings. The van der Waals surface area contributed by atoms with Crippen LogP contribution in [-0.4, -0.2) is 81.9 Å². The normalized spacial score (nSPS) is 24.9. The van der Waals surface area contributed by atoms with Gasteiger partial charge in [0.1, 0.15) is 23.8 Å². The average molecular weight is 577 g/mol. The zero-order valence-corrected chi connectivity index (χ0v) is 22.7. The predicted octanol–water partition coefficient (Wildman–Crippen LogP) is 2.06. The first kappa shape index (κ1) is 28.6. The first-order valence-corrected chi connectivity index (χ1v) is 13.6. The quantitative estimate of drug-likeness (QED) is 0.482. The Bertz CT molecular complexity index is 1310. The molecule has 1 saturated heterocycles. The minimum atomic E-state index is -5.17. The van der Waals surface area contributed by atoms with Crippen molar-refractivity contribution in [3.8, 4) is 11.9 Å². The van der Waals surface area contributed by atoms with Crippen molar-refractivity contribution >= 4 is 29.3 Å². The third kappa shape index (κ3) is 5.94. The van der Waals surface area contributed by atoms with Crippen molar-refractivity contribution < 1.29 is 37.1 Å². The molecule has 4 atom stereocenters.